The molecule has 0 saturated carbocycles. The van der Waals surface area contributed by atoms with Crippen LogP contribution in [-0.2, 0) is 20.6 Å². The van der Waals surface area contributed by atoms with Gasteiger partial charge < -0.3 is 19.1 Å². The Bertz CT molecular complexity index is 1450. The minimum atomic E-state index is -0.972. The van der Waals surface area contributed by atoms with Gasteiger partial charge in [-0.05, 0) is 42.0 Å². The lowest BCUT2D eigenvalue weighted by Crippen LogP contribution is -2.38. The molecule has 2 N–H and O–H groups in total. The van der Waals surface area contributed by atoms with Gasteiger partial charge in [0.2, 0.25) is 5.95 Å². The Hall–Kier alpha value is -4.38. The molecule has 182 valence electrons. The number of imidazole rings is 1. The van der Waals surface area contributed by atoms with Gasteiger partial charge in [0.25, 0.3) is 5.56 Å². The molecule has 4 aromatic rings. The van der Waals surface area contributed by atoms with Crippen LogP contribution in [-0.4, -0.2) is 49.8 Å². The lowest BCUT2D eigenvalue weighted by molar-refractivity contribution is 0.0938. The largest absolute Gasteiger partial charge is 0.497 e. The van der Waals surface area contributed by atoms with Gasteiger partial charge in [-0.25, -0.2) is 10.2 Å². The third kappa shape index (κ3) is 5.09. The molecule has 2 aromatic heterocycles. The molecular weight excluding hydrogens is 452 g/mol. The average molecular weight is 479 g/mol. The number of aryl methyl sites for hydroxylation is 1. The normalized spacial score (nSPS) is 12.2. The average Bonchev–Trinajstić information content (AvgIpc) is 3.24. The zero-order chi connectivity index (χ0) is 24.9. The second-order valence-corrected chi connectivity index (χ2v) is 7.85. The maximum absolute atomic E-state index is 12.9. The number of benzene rings is 2. The molecule has 0 bridgehead atoms. The molecule has 0 aliphatic carbocycles. The standard InChI is InChI=1S/C24H26N6O5/c1-28-21-20(22(32)29(2)24(28)33)30(14-17(31)15-35-19-7-5-4-6-8-19)23(26-21)27-25-13-16-9-11-18(34-3)12-10-16/h4-13,17,31H,14-15H2,1-3H3,(H,26,27). The van der Waals surface area contributed by atoms with Gasteiger partial charge in [-0.2, -0.15) is 10.1 Å². The van der Waals surface area contributed by atoms with Crippen LogP contribution in [0, 0.1) is 0 Å². The molecule has 11 nitrogen and oxygen atoms in total. The van der Waals surface area contributed by atoms with Gasteiger partial charge in [-0.1, -0.05) is 18.2 Å². The summed E-state index contributed by atoms with van der Waals surface area (Å²) in [6, 6.07) is 16.4. The summed E-state index contributed by atoms with van der Waals surface area (Å²) in [4.78, 5) is 29.8. The molecule has 11 heteroatoms. The summed E-state index contributed by atoms with van der Waals surface area (Å²) >= 11 is 0. The van der Waals surface area contributed by atoms with Crippen LogP contribution in [0.3, 0.4) is 0 Å². The minimum Gasteiger partial charge on any atom is -0.497 e. The third-order valence-corrected chi connectivity index (χ3v) is 5.42. The number of hydrogen-bond acceptors (Lipinski definition) is 8. The first-order valence-electron chi connectivity index (χ1n) is 10.8. The van der Waals surface area contributed by atoms with Crippen molar-refractivity contribution in [2.24, 2.45) is 19.2 Å². The summed E-state index contributed by atoms with van der Waals surface area (Å²) < 4.78 is 14.6. The van der Waals surface area contributed by atoms with E-state index in [2.05, 4.69) is 15.5 Å². The van der Waals surface area contributed by atoms with Crippen LogP contribution in [0.5, 0.6) is 11.5 Å². The fourth-order valence-electron chi connectivity index (χ4n) is 3.54. The van der Waals surface area contributed by atoms with Crippen molar-refractivity contribution < 1.29 is 14.6 Å². The van der Waals surface area contributed by atoms with Crippen molar-refractivity contribution in [1.29, 1.82) is 0 Å². The van der Waals surface area contributed by atoms with Gasteiger partial charge in [-0.3, -0.25) is 13.9 Å². The van der Waals surface area contributed by atoms with Crippen molar-refractivity contribution in [2.45, 2.75) is 12.6 Å². The van der Waals surface area contributed by atoms with Crippen molar-refractivity contribution in [1.82, 2.24) is 18.7 Å². The summed E-state index contributed by atoms with van der Waals surface area (Å²) in [6.45, 7) is -0.0263. The van der Waals surface area contributed by atoms with E-state index < -0.39 is 17.4 Å². The van der Waals surface area contributed by atoms with Crippen LogP contribution >= 0.6 is 0 Å². The van der Waals surface area contributed by atoms with Gasteiger partial charge >= 0.3 is 5.69 Å². The zero-order valence-corrected chi connectivity index (χ0v) is 19.6. The number of para-hydroxylation sites is 1. The Kier molecular flexibility index (Phi) is 6.97. The van der Waals surface area contributed by atoms with E-state index in [-0.39, 0.29) is 30.3 Å². The van der Waals surface area contributed by atoms with E-state index in [4.69, 9.17) is 9.47 Å². The highest BCUT2D eigenvalue weighted by Crippen LogP contribution is 2.17. The molecule has 2 heterocycles. The number of hydrogen-bond donors (Lipinski definition) is 2. The molecule has 0 fully saturated rings. The van der Waals surface area contributed by atoms with Crippen molar-refractivity contribution >= 4 is 23.3 Å². The lowest BCUT2D eigenvalue weighted by atomic mass is 10.2. The van der Waals surface area contributed by atoms with Gasteiger partial charge in [0.1, 0.15) is 24.2 Å². The molecule has 1 unspecified atom stereocenters. The van der Waals surface area contributed by atoms with Crippen LogP contribution in [0.25, 0.3) is 11.2 Å². The van der Waals surface area contributed by atoms with E-state index in [1.165, 1.54) is 23.2 Å². The molecule has 0 radical (unpaired) electrons. The minimum absolute atomic E-state index is 0.00960. The molecule has 4 rings (SSSR count). The number of aliphatic hydroxyl groups is 1. The number of nitrogens with zero attached hydrogens (tertiary/aromatic N) is 5. The van der Waals surface area contributed by atoms with Crippen LogP contribution in [0.4, 0.5) is 5.95 Å². The predicted octanol–water partition coefficient (Wildman–Crippen LogP) is 1.33. The quantitative estimate of drug-likeness (QED) is 0.275. The number of aromatic nitrogens is 4. The van der Waals surface area contributed by atoms with Gasteiger partial charge in [-0.15, -0.1) is 0 Å². The molecular formula is C24H26N6O5. The zero-order valence-electron chi connectivity index (χ0n) is 19.6. The van der Waals surface area contributed by atoms with Gasteiger partial charge in [0.05, 0.1) is 19.9 Å². The number of fused-ring (bicyclic) bond motifs is 1. The number of anilines is 1. The Morgan fingerprint density at radius 1 is 1.06 bits per heavy atom. The van der Waals surface area contributed by atoms with Crippen molar-refractivity contribution in [3.05, 3.63) is 81.0 Å². The lowest BCUT2D eigenvalue weighted by Gasteiger charge is -2.15. The molecule has 0 saturated heterocycles. The maximum atomic E-state index is 12.9. The summed E-state index contributed by atoms with van der Waals surface area (Å²) in [5.74, 6) is 1.53. The molecule has 0 aliphatic rings. The smallest absolute Gasteiger partial charge is 0.332 e. The first-order chi connectivity index (χ1) is 16.9. The SMILES string of the molecule is COc1ccc(C=NNc2nc3c(c(=O)n(C)c(=O)n3C)n2CC(O)COc2ccccc2)cc1. The Morgan fingerprint density at radius 2 is 1.77 bits per heavy atom. The highest BCUT2D eigenvalue weighted by atomic mass is 16.5. The van der Waals surface area contributed by atoms with Crippen LogP contribution in [0.2, 0.25) is 0 Å². The second kappa shape index (κ2) is 10.3. The monoisotopic (exact) mass is 478 g/mol. The number of nitrogens with one attached hydrogen (secondary N) is 1. The number of ether oxygens (including phenoxy) is 2. The molecule has 2 aromatic carbocycles. The van der Waals surface area contributed by atoms with Crippen LogP contribution < -0.4 is 26.1 Å². The van der Waals surface area contributed by atoms with E-state index in [1.54, 1.807) is 37.6 Å². The number of rotatable bonds is 9. The van der Waals surface area contributed by atoms with E-state index in [1.807, 2.05) is 30.3 Å². The Labute approximate surface area is 200 Å². The van der Waals surface area contributed by atoms with Crippen molar-refractivity contribution in [2.75, 3.05) is 19.1 Å². The Balaban J connectivity index is 1.64. The first-order valence-corrected chi connectivity index (χ1v) is 10.8. The first kappa shape index (κ1) is 23.8. The van der Waals surface area contributed by atoms with Crippen LogP contribution in [0.1, 0.15) is 5.56 Å². The molecule has 0 amide bonds. The van der Waals surface area contributed by atoms with Gasteiger partial charge in [0, 0.05) is 14.1 Å². The molecule has 0 spiro atoms. The fraction of sp³-hybridized carbons (Fsp3) is 0.250. The van der Waals surface area contributed by atoms with E-state index >= 15 is 0 Å². The Morgan fingerprint density at radius 3 is 2.46 bits per heavy atom. The van der Waals surface area contributed by atoms with Crippen molar-refractivity contribution in [3.63, 3.8) is 0 Å². The highest BCUT2D eigenvalue weighted by molar-refractivity contribution is 5.80. The fourth-order valence-corrected chi connectivity index (χ4v) is 3.54. The maximum Gasteiger partial charge on any atom is 0.332 e. The van der Waals surface area contributed by atoms with E-state index in [9.17, 15) is 14.7 Å². The predicted molar refractivity (Wildman–Crippen MR) is 132 cm³/mol. The van der Waals surface area contributed by atoms with E-state index in [0.29, 0.717) is 5.75 Å². The summed E-state index contributed by atoms with van der Waals surface area (Å²) in [5, 5.41) is 14.9. The van der Waals surface area contributed by atoms with Crippen LogP contribution in [0.15, 0.2) is 69.3 Å². The summed E-state index contributed by atoms with van der Waals surface area (Å²) in [6.07, 6.45) is 0.607. The molecule has 1 atom stereocenters. The number of methoxy groups -OCH3 is 1. The van der Waals surface area contributed by atoms with E-state index in [0.717, 1.165) is 15.9 Å². The number of hydrazone groups is 1. The molecule has 0 aliphatic heterocycles. The second-order valence-electron chi connectivity index (χ2n) is 7.85. The topological polar surface area (TPSA) is 125 Å². The third-order valence-electron chi connectivity index (χ3n) is 5.42. The summed E-state index contributed by atoms with van der Waals surface area (Å²) in [5.41, 5.74) is 2.94. The summed E-state index contributed by atoms with van der Waals surface area (Å²) in [7, 11) is 4.51. The number of aliphatic hydroxyl groups excluding tert-OH is 1. The molecule has 35 heavy (non-hydrogen) atoms. The highest BCUT2D eigenvalue weighted by Gasteiger charge is 2.21. The van der Waals surface area contributed by atoms with Gasteiger partial charge in [0.15, 0.2) is 11.2 Å². The van der Waals surface area contributed by atoms with Crippen molar-refractivity contribution in [3.8, 4) is 11.5 Å².